The lowest BCUT2D eigenvalue weighted by molar-refractivity contribution is -0.138. The largest absolute Gasteiger partial charge is 0.481 e. The molecule has 1 N–H and O–H groups in total. The lowest BCUT2D eigenvalue weighted by Gasteiger charge is -2.21. The maximum atomic E-state index is 12.6. The average Bonchev–Trinajstić information content (AvgIpc) is 3.07. The van der Waals surface area contributed by atoms with Crippen LogP contribution in [0.1, 0.15) is 23.1 Å². The van der Waals surface area contributed by atoms with Crippen molar-refractivity contribution in [1.29, 1.82) is 0 Å². The van der Waals surface area contributed by atoms with Gasteiger partial charge in [0.25, 0.3) is 0 Å². The van der Waals surface area contributed by atoms with E-state index in [1.165, 1.54) is 22.9 Å². The highest BCUT2D eigenvalue weighted by Crippen LogP contribution is 2.46. The molecule has 1 amide bonds. The lowest BCUT2D eigenvalue weighted by atomic mass is 10.2. The summed E-state index contributed by atoms with van der Waals surface area (Å²) in [4.78, 5) is 29.4. The number of amides is 1. The average molecular weight is 318 g/mol. The monoisotopic (exact) mass is 318 g/mol. The summed E-state index contributed by atoms with van der Waals surface area (Å²) in [5.41, 5.74) is 0.975. The third-order valence-electron chi connectivity index (χ3n) is 3.33. The second kappa shape index (κ2) is 5.84. The molecule has 0 aromatic carbocycles. The predicted molar refractivity (Wildman–Crippen MR) is 81.5 cm³/mol. The molecule has 0 aliphatic carbocycles. The Hall–Kier alpha value is -2.28. The van der Waals surface area contributed by atoms with E-state index in [2.05, 4.69) is 4.98 Å². The van der Waals surface area contributed by atoms with E-state index in [0.717, 1.165) is 5.56 Å². The van der Waals surface area contributed by atoms with Crippen molar-refractivity contribution in [3.63, 3.8) is 0 Å². The maximum absolute atomic E-state index is 12.6. The van der Waals surface area contributed by atoms with Crippen LogP contribution in [-0.2, 0) is 9.59 Å². The number of carbonyl (C=O) groups is 2. The molecule has 0 saturated carbocycles. The minimum absolute atomic E-state index is 0.219. The van der Waals surface area contributed by atoms with Crippen LogP contribution >= 0.6 is 11.8 Å². The summed E-state index contributed by atoms with van der Waals surface area (Å²) >= 11 is 1.28. The number of hydrogen-bond acceptors (Lipinski definition) is 5. The van der Waals surface area contributed by atoms with Crippen molar-refractivity contribution in [2.45, 2.75) is 24.0 Å². The van der Waals surface area contributed by atoms with Gasteiger partial charge in [0.2, 0.25) is 5.91 Å². The summed E-state index contributed by atoms with van der Waals surface area (Å²) in [6.07, 6.45) is 2.95. The van der Waals surface area contributed by atoms with Crippen LogP contribution < -0.4 is 4.90 Å². The maximum Gasteiger partial charge on any atom is 0.305 e. The number of aliphatic carboxylic acids is 1. The first-order valence-corrected chi connectivity index (χ1v) is 7.67. The zero-order valence-corrected chi connectivity index (χ0v) is 12.6. The lowest BCUT2D eigenvalue weighted by Crippen LogP contribution is -2.32. The van der Waals surface area contributed by atoms with Gasteiger partial charge < -0.3 is 9.52 Å². The molecule has 2 unspecified atom stereocenters. The van der Waals surface area contributed by atoms with Crippen molar-refractivity contribution in [3.8, 4) is 0 Å². The molecule has 0 spiro atoms. The molecule has 6 nitrogen and oxygen atoms in total. The van der Waals surface area contributed by atoms with Gasteiger partial charge in [0.05, 0.1) is 17.9 Å². The van der Waals surface area contributed by atoms with Crippen molar-refractivity contribution < 1.29 is 19.1 Å². The molecular formula is C15H14N2O4S. The molecule has 0 bridgehead atoms. The molecule has 3 rings (SSSR count). The van der Waals surface area contributed by atoms with Gasteiger partial charge in [-0.2, -0.15) is 0 Å². The Labute approximate surface area is 131 Å². The number of furan rings is 1. The second-order valence-corrected chi connectivity index (χ2v) is 6.28. The third-order valence-corrected chi connectivity index (χ3v) is 4.73. The van der Waals surface area contributed by atoms with Gasteiger partial charge in [-0.15, -0.1) is 11.8 Å². The van der Waals surface area contributed by atoms with E-state index in [1.54, 1.807) is 24.4 Å². The molecular weight excluding hydrogens is 304 g/mol. The van der Waals surface area contributed by atoms with Gasteiger partial charge in [-0.25, -0.2) is 4.98 Å². The Bertz CT molecular complexity index is 701. The molecule has 7 heteroatoms. The van der Waals surface area contributed by atoms with Crippen molar-refractivity contribution in [1.82, 2.24) is 4.98 Å². The zero-order valence-electron chi connectivity index (χ0n) is 11.8. The van der Waals surface area contributed by atoms with Gasteiger partial charge in [-0.3, -0.25) is 14.5 Å². The number of pyridine rings is 1. The predicted octanol–water partition coefficient (Wildman–Crippen LogP) is 2.60. The Kier molecular flexibility index (Phi) is 3.89. The Morgan fingerprint density at radius 2 is 2.32 bits per heavy atom. The molecule has 2 aromatic rings. The molecule has 114 valence electrons. The molecule has 1 saturated heterocycles. The number of rotatable bonds is 4. The third kappa shape index (κ3) is 2.71. The van der Waals surface area contributed by atoms with E-state index in [0.29, 0.717) is 11.6 Å². The van der Waals surface area contributed by atoms with E-state index in [9.17, 15) is 9.59 Å². The molecule has 22 heavy (non-hydrogen) atoms. The van der Waals surface area contributed by atoms with Crippen LogP contribution in [0.25, 0.3) is 0 Å². The summed E-state index contributed by atoms with van der Waals surface area (Å²) in [6, 6.07) is 7.16. The number of aryl methyl sites for hydroxylation is 1. The minimum Gasteiger partial charge on any atom is -0.481 e. The fourth-order valence-electron chi connectivity index (χ4n) is 2.35. The van der Waals surface area contributed by atoms with E-state index in [4.69, 9.17) is 9.52 Å². The van der Waals surface area contributed by atoms with Crippen LogP contribution in [0.5, 0.6) is 0 Å². The summed E-state index contributed by atoms with van der Waals surface area (Å²) in [7, 11) is 0. The smallest absolute Gasteiger partial charge is 0.305 e. The number of thioether (sulfide) groups is 1. The number of carboxylic acid groups (broad SMARTS) is 1. The molecule has 1 aliphatic rings. The van der Waals surface area contributed by atoms with Crippen molar-refractivity contribution >= 4 is 29.5 Å². The first kappa shape index (κ1) is 14.6. The number of nitrogens with zero attached hydrogens (tertiary/aromatic N) is 2. The highest BCUT2D eigenvalue weighted by atomic mass is 32.2. The number of aromatic nitrogens is 1. The molecule has 0 radical (unpaired) electrons. The van der Waals surface area contributed by atoms with Crippen LogP contribution in [0.3, 0.4) is 0 Å². The van der Waals surface area contributed by atoms with Crippen LogP contribution in [0.2, 0.25) is 0 Å². The number of carbonyl (C=O) groups excluding carboxylic acids is 1. The van der Waals surface area contributed by atoms with Gasteiger partial charge in [0, 0.05) is 6.20 Å². The highest BCUT2D eigenvalue weighted by Gasteiger charge is 2.44. The Morgan fingerprint density at radius 1 is 1.50 bits per heavy atom. The quantitative estimate of drug-likeness (QED) is 0.933. The van der Waals surface area contributed by atoms with Gasteiger partial charge in [-0.1, -0.05) is 0 Å². The first-order valence-electron chi connectivity index (χ1n) is 6.72. The highest BCUT2D eigenvalue weighted by molar-refractivity contribution is 8.01. The second-order valence-electron chi connectivity index (χ2n) is 4.99. The number of hydrogen-bond donors (Lipinski definition) is 1. The van der Waals surface area contributed by atoms with Crippen molar-refractivity contribution in [2.75, 3.05) is 4.90 Å². The van der Waals surface area contributed by atoms with Gasteiger partial charge >= 0.3 is 5.97 Å². The van der Waals surface area contributed by atoms with Crippen LogP contribution in [0.4, 0.5) is 5.82 Å². The standard InChI is InChI=1S/C15H14N2O4S/c1-9-4-5-16-12(7-9)17-14(20)11(8-13(18)19)22-15(17)10-3-2-6-21-10/h2-7,11,15H,8H2,1H3,(H,18,19). The normalized spacial score (nSPS) is 21.3. The van der Waals surface area contributed by atoms with E-state index < -0.39 is 16.6 Å². The molecule has 1 fully saturated rings. The van der Waals surface area contributed by atoms with Crippen LogP contribution in [0, 0.1) is 6.92 Å². The molecule has 3 heterocycles. The van der Waals surface area contributed by atoms with Crippen molar-refractivity contribution in [3.05, 3.63) is 48.0 Å². The van der Waals surface area contributed by atoms with Gasteiger partial charge in [0.1, 0.15) is 17.0 Å². The van der Waals surface area contributed by atoms with Crippen LogP contribution in [-0.4, -0.2) is 27.2 Å². The topological polar surface area (TPSA) is 83.6 Å². The summed E-state index contributed by atoms with van der Waals surface area (Å²) in [5.74, 6) is -0.142. The van der Waals surface area contributed by atoms with Gasteiger partial charge in [-0.05, 0) is 36.8 Å². The minimum atomic E-state index is -0.997. The van der Waals surface area contributed by atoms with E-state index >= 15 is 0 Å². The summed E-state index contributed by atoms with van der Waals surface area (Å²) in [6.45, 7) is 1.91. The molecule has 2 aromatic heterocycles. The summed E-state index contributed by atoms with van der Waals surface area (Å²) < 4.78 is 5.41. The van der Waals surface area contributed by atoms with Gasteiger partial charge in [0.15, 0.2) is 0 Å². The first-order chi connectivity index (χ1) is 10.6. The Morgan fingerprint density at radius 3 is 2.95 bits per heavy atom. The van der Waals surface area contributed by atoms with Crippen molar-refractivity contribution in [2.24, 2.45) is 0 Å². The molecule has 1 aliphatic heterocycles. The van der Waals surface area contributed by atoms with Crippen LogP contribution in [0.15, 0.2) is 41.1 Å². The number of anilines is 1. The van der Waals surface area contributed by atoms with E-state index in [-0.39, 0.29) is 12.3 Å². The Balaban J connectivity index is 1.99. The SMILES string of the molecule is Cc1ccnc(N2C(=O)C(CC(=O)O)SC2c2ccco2)c1. The molecule has 2 atom stereocenters. The summed E-state index contributed by atoms with van der Waals surface area (Å²) in [5, 5.41) is 7.94. The van der Waals surface area contributed by atoms with E-state index in [1.807, 2.05) is 13.0 Å². The number of carboxylic acids is 1. The fraction of sp³-hybridized carbons (Fsp3) is 0.267. The fourth-order valence-corrected chi connectivity index (χ4v) is 3.73. The zero-order chi connectivity index (χ0) is 15.7.